The van der Waals surface area contributed by atoms with Crippen LogP contribution in [0.5, 0.6) is 0 Å². The van der Waals surface area contributed by atoms with Crippen molar-refractivity contribution in [2.24, 2.45) is 0 Å². The fourth-order valence-electron chi connectivity index (χ4n) is 3.86. The molecule has 0 aliphatic rings. The zero-order valence-corrected chi connectivity index (χ0v) is 20.1. The van der Waals surface area contributed by atoms with Gasteiger partial charge < -0.3 is 4.90 Å². The summed E-state index contributed by atoms with van der Waals surface area (Å²) >= 11 is 3.46. The molecule has 5 nitrogen and oxygen atoms in total. The van der Waals surface area contributed by atoms with Crippen LogP contribution >= 0.6 is 15.9 Å². The van der Waals surface area contributed by atoms with Gasteiger partial charge in [-0.15, -0.1) is 0 Å². The quantitative estimate of drug-likeness (QED) is 0.349. The molecule has 0 aliphatic carbocycles. The summed E-state index contributed by atoms with van der Waals surface area (Å²) in [6.45, 7) is 6.69. The predicted octanol–water partition coefficient (Wildman–Crippen LogP) is 6.03. The van der Waals surface area contributed by atoms with Crippen LogP contribution in [0.15, 0.2) is 57.8 Å². The van der Waals surface area contributed by atoms with Crippen molar-refractivity contribution in [3.8, 4) is 5.69 Å². The van der Waals surface area contributed by atoms with Gasteiger partial charge in [0.15, 0.2) is 0 Å². The Labute approximate surface area is 192 Å². The number of aromatic nitrogens is 2. The molecule has 3 rings (SSSR count). The molecule has 0 saturated heterocycles. The minimum atomic E-state index is -0.324. The average Bonchev–Trinajstić information content (AvgIpc) is 2.79. The van der Waals surface area contributed by atoms with E-state index in [1.807, 2.05) is 61.2 Å². The zero-order valence-electron chi connectivity index (χ0n) is 18.5. The Bertz CT molecular complexity index is 1090. The van der Waals surface area contributed by atoms with E-state index in [9.17, 15) is 9.59 Å². The molecule has 164 valence electrons. The van der Waals surface area contributed by atoms with Gasteiger partial charge in [0.2, 0.25) is 5.91 Å². The second kappa shape index (κ2) is 10.7. The molecule has 1 unspecified atom stereocenters. The molecule has 0 spiro atoms. The van der Waals surface area contributed by atoms with E-state index in [-0.39, 0.29) is 17.5 Å². The summed E-state index contributed by atoms with van der Waals surface area (Å²) in [6, 6.07) is 14.7. The minimum absolute atomic E-state index is 0.0776. The maximum Gasteiger partial charge on any atom is 0.266 e. The molecule has 2 aromatic carbocycles. The van der Waals surface area contributed by atoms with Crippen LogP contribution in [-0.4, -0.2) is 26.9 Å². The van der Waals surface area contributed by atoms with Gasteiger partial charge in [0.1, 0.15) is 5.82 Å². The number of para-hydroxylation sites is 1. The number of fused-ring (bicyclic) bond motifs is 1. The Morgan fingerprint density at radius 1 is 1.06 bits per heavy atom. The van der Waals surface area contributed by atoms with Gasteiger partial charge in [-0.25, -0.2) is 4.98 Å². The molecule has 1 heterocycles. The van der Waals surface area contributed by atoms with Crippen molar-refractivity contribution in [2.45, 2.75) is 58.9 Å². The Hall–Kier alpha value is -2.47. The number of nitrogens with zero attached hydrogens (tertiary/aromatic N) is 3. The first-order valence-electron chi connectivity index (χ1n) is 11.0. The monoisotopic (exact) mass is 483 g/mol. The lowest BCUT2D eigenvalue weighted by molar-refractivity contribution is -0.133. The van der Waals surface area contributed by atoms with Gasteiger partial charge in [0.25, 0.3) is 5.56 Å². The van der Waals surface area contributed by atoms with Gasteiger partial charge in [0.05, 0.1) is 22.6 Å². The molecule has 0 fully saturated rings. The molecule has 1 atom stereocenters. The molecule has 31 heavy (non-hydrogen) atoms. The van der Waals surface area contributed by atoms with Crippen LogP contribution in [0, 0.1) is 0 Å². The van der Waals surface area contributed by atoms with Crippen LogP contribution < -0.4 is 5.56 Å². The van der Waals surface area contributed by atoms with Crippen LogP contribution in [0.1, 0.15) is 64.7 Å². The highest BCUT2D eigenvalue weighted by molar-refractivity contribution is 9.10. The lowest BCUT2D eigenvalue weighted by Crippen LogP contribution is -2.37. The van der Waals surface area contributed by atoms with E-state index >= 15 is 0 Å². The Morgan fingerprint density at radius 2 is 1.77 bits per heavy atom. The fraction of sp³-hybridized carbons (Fsp3) is 0.400. The number of carbonyl (C=O) groups is 1. The molecule has 0 N–H and O–H groups in total. The Morgan fingerprint density at radius 3 is 2.45 bits per heavy atom. The van der Waals surface area contributed by atoms with Crippen molar-refractivity contribution < 1.29 is 4.79 Å². The molecule has 0 radical (unpaired) electrons. The highest BCUT2D eigenvalue weighted by Crippen LogP contribution is 2.25. The van der Waals surface area contributed by atoms with E-state index in [2.05, 4.69) is 22.9 Å². The Kier molecular flexibility index (Phi) is 8.02. The SMILES string of the molecule is CCCCCCN(C(=O)CC)C(C)c1nc2ccccc2c(=O)n1-c1ccc(Br)cc1. The van der Waals surface area contributed by atoms with E-state index < -0.39 is 0 Å². The number of carbonyl (C=O) groups excluding carboxylic acids is 1. The highest BCUT2D eigenvalue weighted by Gasteiger charge is 2.25. The van der Waals surface area contributed by atoms with E-state index in [0.717, 1.165) is 35.8 Å². The summed E-state index contributed by atoms with van der Waals surface area (Å²) in [5, 5.41) is 0.567. The van der Waals surface area contributed by atoms with Crippen LogP contribution in [-0.2, 0) is 4.79 Å². The average molecular weight is 484 g/mol. The first-order chi connectivity index (χ1) is 15.0. The van der Waals surface area contributed by atoms with Crippen molar-refractivity contribution in [2.75, 3.05) is 6.54 Å². The summed E-state index contributed by atoms with van der Waals surface area (Å²) in [6.07, 6.45) is 4.75. The molecular formula is C25H30BrN3O2. The normalized spacial score (nSPS) is 12.1. The topological polar surface area (TPSA) is 55.2 Å². The highest BCUT2D eigenvalue weighted by atomic mass is 79.9. The summed E-state index contributed by atoms with van der Waals surface area (Å²) in [7, 11) is 0. The molecule has 0 saturated carbocycles. The number of unbranched alkanes of at least 4 members (excludes halogenated alkanes) is 3. The van der Waals surface area contributed by atoms with Gasteiger partial charge >= 0.3 is 0 Å². The number of rotatable bonds is 9. The third kappa shape index (κ3) is 5.24. The largest absolute Gasteiger partial charge is 0.333 e. The van der Waals surface area contributed by atoms with Crippen molar-refractivity contribution in [1.82, 2.24) is 14.5 Å². The number of hydrogen-bond acceptors (Lipinski definition) is 3. The van der Waals surface area contributed by atoms with Gasteiger partial charge in [-0.3, -0.25) is 14.2 Å². The lowest BCUT2D eigenvalue weighted by atomic mass is 10.1. The second-order valence-electron chi connectivity index (χ2n) is 7.78. The van der Waals surface area contributed by atoms with Crippen LogP contribution in [0.4, 0.5) is 0 Å². The molecule has 3 aromatic rings. The van der Waals surface area contributed by atoms with Crippen LogP contribution in [0.25, 0.3) is 16.6 Å². The summed E-state index contributed by atoms with van der Waals surface area (Å²) < 4.78 is 2.59. The van der Waals surface area contributed by atoms with E-state index in [1.165, 1.54) is 0 Å². The number of hydrogen-bond donors (Lipinski definition) is 0. The van der Waals surface area contributed by atoms with E-state index in [1.54, 1.807) is 10.6 Å². The van der Waals surface area contributed by atoms with Crippen molar-refractivity contribution in [3.05, 3.63) is 69.2 Å². The van der Waals surface area contributed by atoms with E-state index in [4.69, 9.17) is 4.98 Å². The van der Waals surface area contributed by atoms with Crippen molar-refractivity contribution in [3.63, 3.8) is 0 Å². The summed E-state index contributed by atoms with van der Waals surface area (Å²) in [5.41, 5.74) is 1.27. The maximum absolute atomic E-state index is 13.5. The van der Waals surface area contributed by atoms with Crippen LogP contribution in [0.3, 0.4) is 0 Å². The standard InChI is InChI=1S/C25H30BrN3O2/c1-4-6-7-10-17-28(23(30)5-2)18(3)24-27-22-12-9-8-11-21(22)25(31)29(24)20-15-13-19(26)14-16-20/h8-9,11-16,18H,4-7,10,17H2,1-3H3. The zero-order chi connectivity index (χ0) is 22.4. The molecule has 0 bridgehead atoms. The minimum Gasteiger partial charge on any atom is -0.333 e. The lowest BCUT2D eigenvalue weighted by Gasteiger charge is -2.30. The molecule has 1 aromatic heterocycles. The molecular weight excluding hydrogens is 454 g/mol. The number of benzene rings is 2. The first-order valence-corrected chi connectivity index (χ1v) is 11.8. The second-order valence-corrected chi connectivity index (χ2v) is 8.70. The van der Waals surface area contributed by atoms with Crippen molar-refractivity contribution >= 4 is 32.7 Å². The molecule has 1 amide bonds. The number of halogens is 1. The van der Waals surface area contributed by atoms with Crippen molar-refractivity contribution in [1.29, 1.82) is 0 Å². The van der Waals surface area contributed by atoms with E-state index in [0.29, 0.717) is 29.7 Å². The maximum atomic E-state index is 13.5. The van der Waals surface area contributed by atoms with Gasteiger partial charge in [-0.1, -0.05) is 61.2 Å². The fourth-order valence-corrected chi connectivity index (χ4v) is 4.12. The number of amides is 1. The third-order valence-corrected chi connectivity index (χ3v) is 6.13. The summed E-state index contributed by atoms with van der Waals surface area (Å²) in [4.78, 5) is 33.1. The smallest absolute Gasteiger partial charge is 0.266 e. The third-order valence-electron chi connectivity index (χ3n) is 5.60. The Balaban J connectivity index is 2.13. The first kappa shape index (κ1) is 23.2. The molecule has 6 heteroatoms. The molecule has 0 aliphatic heterocycles. The summed E-state index contributed by atoms with van der Waals surface area (Å²) in [5.74, 6) is 0.664. The van der Waals surface area contributed by atoms with Gasteiger partial charge in [0, 0.05) is 17.4 Å². The van der Waals surface area contributed by atoms with Crippen LogP contribution in [0.2, 0.25) is 0 Å². The predicted molar refractivity (Wildman–Crippen MR) is 130 cm³/mol. The van der Waals surface area contributed by atoms with Gasteiger partial charge in [-0.05, 0) is 49.7 Å². The van der Waals surface area contributed by atoms with Gasteiger partial charge in [-0.2, -0.15) is 0 Å².